The number of H-pyrrole nitrogens is 1. The number of aryl methyl sites for hydroxylation is 1. The number of aromatic nitrogens is 1. The van der Waals surface area contributed by atoms with E-state index in [0.717, 1.165) is 38.8 Å². The van der Waals surface area contributed by atoms with E-state index in [9.17, 15) is 32.3 Å². The predicted molar refractivity (Wildman–Crippen MR) is 179 cm³/mol. The molecule has 1 saturated heterocycles. The highest BCUT2D eigenvalue weighted by Gasteiger charge is 2.70. The van der Waals surface area contributed by atoms with Crippen molar-refractivity contribution in [1.29, 1.82) is 0 Å². The number of imide groups is 1. The molecule has 2 aliphatic carbocycles. The first-order chi connectivity index (χ1) is 23.4. The zero-order valence-corrected chi connectivity index (χ0v) is 28.0. The van der Waals surface area contributed by atoms with Gasteiger partial charge in [0.2, 0.25) is 11.8 Å². The van der Waals surface area contributed by atoms with Crippen molar-refractivity contribution in [2.45, 2.75) is 35.7 Å². The highest BCUT2D eigenvalue weighted by molar-refractivity contribution is 8.00. The molecule has 7 atom stereocenters. The maximum atomic E-state index is 14.1. The topological polar surface area (TPSA) is 109 Å². The second-order valence-corrected chi connectivity index (χ2v) is 15.5. The monoisotopic (exact) mass is 725 g/mol. The highest BCUT2D eigenvalue weighted by Crippen LogP contribution is 2.69. The van der Waals surface area contributed by atoms with Crippen molar-refractivity contribution in [1.82, 2.24) is 4.98 Å². The van der Waals surface area contributed by atoms with Crippen LogP contribution in [-0.4, -0.2) is 34.6 Å². The summed E-state index contributed by atoms with van der Waals surface area (Å²) in [6.07, 6.45) is -4.06. The van der Waals surface area contributed by atoms with Crippen LogP contribution in [0.25, 0.3) is 0 Å². The Morgan fingerprint density at radius 3 is 2.53 bits per heavy atom. The van der Waals surface area contributed by atoms with Crippen LogP contribution in [0.4, 0.5) is 24.5 Å². The van der Waals surface area contributed by atoms with Crippen LogP contribution in [0.5, 0.6) is 5.75 Å². The van der Waals surface area contributed by atoms with Crippen LogP contribution in [0.1, 0.15) is 33.9 Å². The molecular formula is C35H27ClF3N3O5S2. The summed E-state index contributed by atoms with van der Waals surface area (Å²) in [5.41, 5.74) is 1.23. The number of ether oxygens (including phenoxy) is 1. The first-order valence-corrected chi connectivity index (χ1v) is 17.7. The van der Waals surface area contributed by atoms with E-state index in [4.69, 9.17) is 16.3 Å². The minimum absolute atomic E-state index is 0.0938. The van der Waals surface area contributed by atoms with Gasteiger partial charge >= 0.3 is 11.0 Å². The Labute approximate surface area is 291 Å². The fourth-order valence-electron chi connectivity index (χ4n) is 8.40. The molecule has 8 nitrogen and oxygen atoms in total. The number of carbonyl (C=O) groups is 3. The minimum Gasteiger partial charge on any atom is -0.483 e. The third-order valence-corrected chi connectivity index (χ3v) is 12.9. The Kier molecular flexibility index (Phi) is 7.72. The van der Waals surface area contributed by atoms with E-state index in [-0.39, 0.29) is 46.1 Å². The molecule has 3 amide bonds. The van der Waals surface area contributed by atoms with E-state index >= 15 is 0 Å². The number of fused-ring (bicyclic) bond motifs is 9. The molecule has 4 aromatic rings. The number of hydrogen-bond donors (Lipinski definition) is 2. The fraction of sp³-hybridized carbons (Fsp3) is 0.314. The number of aromatic amines is 1. The number of anilines is 2. The molecule has 3 fully saturated rings. The number of halogens is 4. The summed E-state index contributed by atoms with van der Waals surface area (Å²) in [7, 11) is 0. The Bertz CT molecular complexity index is 2100. The predicted octanol–water partition coefficient (Wildman–Crippen LogP) is 7.11. The molecule has 4 aliphatic rings. The average Bonchev–Trinajstić information content (AvgIpc) is 3.78. The lowest BCUT2D eigenvalue weighted by Gasteiger charge is -2.43. The molecule has 0 radical (unpaired) electrons. The zero-order valence-electron chi connectivity index (χ0n) is 25.6. The Balaban J connectivity index is 1.14. The van der Waals surface area contributed by atoms with Crippen LogP contribution in [0, 0.1) is 36.5 Å². The van der Waals surface area contributed by atoms with Gasteiger partial charge in [-0.05, 0) is 85.2 Å². The third-order valence-electron chi connectivity index (χ3n) is 10.1. The van der Waals surface area contributed by atoms with E-state index in [0.29, 0.717) is 33.5 Å². The van der Waals surface area contributed by atoms with Gasteiger partial charge in [0.1, 0.15) is 5.75 Å². The van der Waals surface area contributed by atoms with E-state index in [1.165, 1.54) is 23.9 Å². The van der Waals surface area contributed by atoms with Crippen LogP contribution in [-0.2, 0) is 20.6 Å². The van der Waals surface area contributed by atoms with E-state index < -0.39 is 41.3 Å². The van der Waals surface area contributed by atoms with E-state index in [1.807, 2.05) is 25.1 Å². The summed E-state index contributed by atoms with van der Waals surface area (Å²) >= 11 is 9.09. The van der Waals surface area contributed by atoms with Gasteiger partial charge in [0.25, 0.3) is 5.91 Å². The van der Waals surface area contributed by atoms with Crippen LogP contribution in [0.3, 0.4) is 0 Å². The Morgan fingerprint density at radius 1 is 1.02 bits per heavy atom. The second-order valence-electron chi connectivity index (χ2n) is 12.9. The molecule has 1 aromatic heterocycles. The lowest BCUT2D eigenvalue weighted by Crippen LogP contribution is -2.42. The van der Waals surface area contributed by atoms with Crippen molar-refractivity contribution in [3.8, 4) is 5.75 Å². The average molecular weight is 726 g/mol. The fourth-order valence-corrected chi connectivity index (χ4v) is 11.5. The number of nitrogens with one attached hydrogen (secondary N) is 2. The minimum atomic E-state index is -4.64. The second kappa shape index (κ2) is 11.8. The molecule has 14 heteroatoms. The third kappa shape index (κ3) is 5.37. The number of thioether (sulfide) groups is 1. The summed E-state index contributed by atoms with van der Waals surface area (Å²) in [4.78, 5) is 58.0. The van der Waals surface area contributed by atoms with E-state index in [2.05, 4.69) is 10.3 Å². The first-order valence-electron chi connectivity index (χ1n) is 15.6. The number of rotatable bonds is 6. The molecule has 2 bridgehead atoms. The van der Waals surface area contributed by atoms with Gasteiger partial charge in [-0.3, -0.25) is 24.1 Å². The molecular weight excluding hydrogens is 699 g/mol. The Morgan fingerprint density at radius 2 is 1.78 bits per heavy atom. The number of thiazole rings is 1. The van der Waals surface area contributed by atoms with Gasteiger partial charge < -0.3 is 15.0 Å². The molecule has 6 unspecified atom stereocenters. The standard InChI is InChI=1S/C35H27ClF3N3O5S2/c1-15-4-2-6-18(10-15)40-24(43)14-47-23-9-8-17(36)12-20(23)25-26-21-13-22(29(26)48-31-30(25)49-34(46)41-31)28-27(21)32(44)42(33(28)45)19-7-3-5-16(11-19)35(37,38)39/h2-12,21-22,25-29H,13-14H2,1H3,(H,40,43)(H,41,46)/t21?,22?,25-,26?,27?,28?,29?/m1/s1. The van der Waals surface area contributed by atoms with Gasteiger partial charge in [-0.2, -0.15) is 13.2 Å². The van der Waals surface area contributed by atoms with Crippen LogP contribution in [0.15, 0.2) is 76.6 Å². The molecule has 252 valence electrons. The van der Waals surface area contributed by atoms with Crippen molar-refractivity contribution in [3.63, 3.8) is 0 Å². The smallest absolute Gasteiger partial charge is 0.416 e. The van der Waals surface area contributed by atoms with Gasteiger partial charge in [-0.25, -0.2) is 0 Å². The van der Waals surface area contributed by atoms with Crippen molar-refractivity contribution in [3.05, 3.63) is 103 Å². The Hall–Kier alpha value is -4.07. The number of amides is 3. The summed E-state index contributed by atoms with van der Waals surface area (Å²) < 4.78 is 46.8. The number of alkyl halides is 3. The van der Waals surface area contributed by atoms with Crippen molar-refractivity contribution >= 4 is 63.8 Å². The van der Waals surface area contributed by atoms with Crippen LogP contribution in [0.2, 0.25) is 5.02 Å². The largest absolute Gasteiger partial charge is 0.483 e. The molecule has 0 spiro atoms. The number of nitrogens with zero attached hydrogens (tertiary/aromatic N) is 1. The molecule has 2 N–H and O–H groups in total. The van der Waals surface area contributed by atoms with Gasteiger partial charge in [-0.1, -0.05) is 41.1 Å². The van der Waals surface area contributed by atoms with E-state index in [1.54, 1.807) is 24.3 Å². The van der Waals surface area contributed by atoms with Crippen molar-refractivity contribution in [2.75, 3.05) is 16.8 Å². The number of benzene rings is 3. The molecule has 2 aliphatic heterocycles. The number of carbonyl (C=O) groups excluding carboxylic acids is 3. The normalized spacial score (nSPS) is 26.8. The highest BCUT2D eigenvalue weighted by atomic mass is 35.5. The summed E-state index contributed by atoms with van der Waals surface area (Å²) in [5, 5.41) is 3.73. The molecule has 3 aromatic carbocycles. The lowest BCUT2D eigenvalue weighted by molar-refractivity contribution is -0.137. The van der Waals surface area contributed by atoms with Gasteiger partial charge in [0.05, 0.1) is 28.1 Å². The maximum Gasteiger partial charge on any atom is 0.416 e. The van der Waals surface area contributed by atoms with Gasteiger partial charge in [0, 0.05) is 32.3 Å². The van der Waals surface area contributed by atoms with Gasteiger partial charge in [0.15, 0.2) is 6.61 Å². The van der Waals surface area contributed by atoms with Crippen LogP contribution < -0.4 is 19.8 Å². The zero-order chi connectivity index (χ0) is 34.4. The molecule has 3 heterocycles. The molecule has 49 heavy (non-hydrogen) atoms. The van der Waals surface area contributed by atoms with Crippen molar-refractivity contribution < 1.29 is 32.3 Å². The SMILES string of the molecule is Cc1cccc(NC(=O)COc2ccc(Cl)cc2[C@H]2c3sc(=O)[nH]c3SC3C4CC(C5C(=O)N(c6cccc(C(F)(F)F)c6)C(=O)C45)C32)c1. The maximum absolute atomic E-state index is 14.1. The molecule has 8 rings (SSSR count). The first kappa shape index (κ1) is 32.2. The summed E-state index contributed by atoms with van der Waals surface area (Å²) in [6.45, 7) is 1.62. The summed E-state index contributed by atoms with van der Waals surface area (Å²) in [5.74, 6) is -3.62. The molecule has 2 saturated carbocycles. The van der Waals surface area contributed by atoms with Crippen molar-refractivity contribution in [2.24, 2.45) is 29.6 Å². The lowest BCUT2D eigenvalue weighted by atomic mass is 9.68. The van der Waals surface area contributed by atoms with Gasteiger partial charge in [-0.15, -0.1) is 11.8 Å². The number of hydrogen-bond acceptors (Lipinski definition) is 7. The van der Waals surface area contributed by atoms with Crippen LogP contribution >= 0.6 is 34.7 Å². The summed E-state index contributed by atoms with van der Waals surface area (Å²) in [6, 6.07) is 16.8. The quantitative estimate of drug-likeness (QED) is 0.205.